The van der Waals surface area contributed by atoms with Crippen molar-refractivity contribution in [1.29, 1.82) is 10.5 Å². The maximum Gasteiger partial charge on any atom is 0.266 e. The zero-order chi connectivity index (χ0) is 22.2. The number of carbonyl (C=O) groups excluding carboxylic acids is 1. The SMILES string of the molecule is N#CCCN(CCC#N)C(=O)CSc1nc2ccccc2c(=O)n1-c1ccccc1F. The third-order valence-corrected chi connectivity index (χ3v) is 5.43. The van der Waals surface area contributed by atoms with E-state index in [1.165, 1.54) is 27.7 Å². The summed E-state index contributed by atoms with van der Waals surface area (Å²) in [5, 5.41) is 18.1. The Balaban J connectivity index is 1.98. The van der Waals surface area contributed by atoms with Crippen molar-refractivity contribution in [1.82, 2.24) is 14.5 Å². The highest BCUT2D eigenvalue weighted by Gasteiger charge is 2.19. The van der Waals surface area contributed by atoms with E-state index in [9.17, 15) is 14.0 Å². The summed E-state index contributed by atoms with van der Waals surface area (Å²) in [5.74, 6) is -0.951. The van der Waals surface area contributed by atoms with Crippen molar-refractivity contribution in [2.24, 2.45) is 0 Å². The monoisotopic (exact) mass is 435 g/mol. The number of amides is 1. The van der Waals surface area contributed by atoms with E-state index in [1.54, 1.807) is 30.3 Å². The lowest BCUT2D eigenvalue weighted by Gasteiger charge is -2.20. The number of carbonyl (C=O) groups is 1. The van der Waals surface area contributed by atoms with Crippen LogP contribution in [0.5, 0.6) is 0 Å². The fourth-order valence-electron chi connectivity index (χ4n) is 3.00. The highest BCUT2D eigenvalue weighted by Crippen LogP contribution is 2.23. The first-order valence-corrected chi connectivity index (χ1v) is 10.5. The summed E-state index contributed by atoms with van der Waals surface area (Å²) in [7, 11) is 0. The molecule has 1 aromatic heterocycles. The molecule has 3 aromatic rings. The Morgan fingerprint density at radius 2 is 1.71 bits per heavy atom. The number of benzene rings is 2. The average molecular weight is 435 g/mol. The number of hydrogen-bond donors (Lipinski definition) is 0. The second-order valence-corrected chi connectivity index (χ2v) is 7.43. The Hall–Kier alpha value is -3.69. The van der Waals surface area contributed by atoms with Gasteiger partial charge in [0.05, 0.1) is 47.3 Å². The number of hydrogen-bond acceptors (Lipinski definition) is 6. The number of nitriles is 2. The lowest BCUT2D eigenvalue weighted by Crippen LogP contribution is -2.34. The van der Waals surface area contributed by atoms with E-state index in [1.807, 2.05) is 12.1 Å². The minimum atomic E-state index is -0.584. The average Bonchev–Trinajstić information content (AvgIpc) is 2.78. The van der Waals surface area contributed by atoms with Crippen LogP contribution in [0.25, 0.3) is 16.6 Å². The zero-order valence-electron chi connectivity index (χ0n) is 16.5. The lowest BCUT2D eigenvalue weighted by molar-refractivity contribution is -0.128. The number of aromatic nitrogens is 2. The molecule has 0 N–H and O–H groups in total. The number of fused-ring (bicyclic) bond motifs is 1. The molecule has 0 spiro atoms. The number of para-hydroxylation sites is 2. The first-order valence-electron chi connectivity index (χ1n) is 9.48. The van der Waals surface area contributed by atoms with Crippen LogP contribution in [0, 0.1) is 28.5 Å². The maximum atomic E-state index is 14.5. The Morgan fingerprint density at radius 1 is 1.06 bits per heavy atom. The Labute approximate surface area is 182 Å². The van der Waals surface area contributed by atoms with Gasteiger partial charge < -0.3 is 4.90 Å². The Bertz CT molecular complexity index is 1230. The van der Waals surface area contributed by atoms with Gasteiger partial charge in [0.15, 0.2) is 5.16 Å². The van der Waals surface area contributed by atoms with Crippen molar-refractivity contribution >= 4 is 28.6 Å². The molecule has 0 saturated carbocycles. The third-order valence-electron chi connectivity index (χ3n) is 4.50. The highest BCUT2D eigenvalue weighted by molar-refractivity contribution is 7.99. The molecule has 0 aliphatic carbocycles. The molecule has 7 nitrogen and oxygen atoms in total. The van der Waals surface area contributed by atoms with Gasteiger partial charge in [0.2, 0.25) is 5.91 Å². The first-order chi connectivity index (χ1) is 15.1. The van der Waals surface area contributed by atoms with E-state index in [-0.39, 0.29) is 48.4 Å². The molecule has 0 saturated heterocycles. The molecule has 0 aliphatic rings. The van der Waals surface area contributed by atoms with Gasteiger partial charge in [-0.2, -0.15) is 10.5 Å². The minimum Gasteiger partial charge on any atom is -0.340 e. The molecule has 1 heterocycles. The summed E-state index contributed by atoms with van der Waals surface area (Å²) in [6.07, 6.45) is 0.298. The summed E-state index contributed by atoms with van der Waals surface area (Å²) in [6.45, 7) is 0.422. The molecular formula is C22H18FN5O2S. The van der Waals surface area contributed by atoms with Crippen molar-refractivity contribution in [3.63, 3.8) is 0 Å². The second kappa shape index (κ2) is 10.4. The minimum absolute atomic E-state index is 0.0477. The van der Waals surface area contributed by atoms with Crippen LogP contribution >= 0.6 is 11.8 Å². The van der Waals surface area contributed by atoms with Gasteiger partial charge in [-0.15, -0.1) is 0 Å². The smallest absolute Gasteiger partial charge is 0.266 e. The van der Waals surface area contributed by atoms with Crippen LogP contribution < -0.4 is 5.56 Å². The molecule has 2 aromatic carbocycles. The number of thioether (sulfide) groups is 1. The predicted molar refractivity (Wildman–Crippen MR) is 115 cm³/mol. The van der Waals surface area contributed by atoms with Crippen LogP contribution in [0.2, 0.25) is 0 Å². The van der Waals surface area contributed by atoms with Gasteiger partial charge in [-0.1, -0.05) is 36.0 Å². The van der Waals surface area contributed by atoms with Crippen molar-refractivity contribution in [3.05, 3.63) is 64.7 Å². The molecule has 156 valence electrons. The first kappa shape index (κ1) is 22.0. The molecule has 0 radical (unpaired) electrons. The standard InChI is InChI=1S/C22H18FN5O2S/c23-17-8-2-4-10-19(17)28-21(30)16-7-1-3-9-18(16)26-22(28)31-15-20(29)27(13-5-11-24)14-6-12-25/h1-4,7-10H,5-6,13-15H2. The molecular weight excluding hydrogens is 417 g/mol. The van der Waals surface area contributed by atoms with Crippen molar-refractivity contribution in [3.8, 4) is 17.8 Å². The van der Waals surface area contributed by atoms with Crippen LogP contribution in [0.1, 0.15) is 12.8 Å². The van der Waals surface area contributed by atoms with Gasteiger partial charge in [0.25, 0.3) is 5.56 Å². The fourth-order valence-corrected chi connectivity index (χ4v) is 3.91. The molecule has 31 heavy (non-hydrogen) atoms. The molecule has 0 bridgehead atoms. The summed E-state index contributed by atoms with van der Waals surface area (Å²) in [4.78, 5) is 31.8. The van der Waals surface area contributed by atoms with E-state index in [4.69, 9.17) is 10.5 Å². The summed E-state index contributed by atoms with van der Waals surface area (Å²) in [6, 6.07) is 16.6. The molecule has 0 aliphatic heterocycles. The van der Waals surface area contributed by atoms with Gasteiger partial charge in [-0.25, -0.2) is 9.37 Å². The van der Waals surface area contributed by atoms with Crippen molar-refractivity contribution in [2.45, 2.75) is 18.0 Å². The zero-order valence-corrected chi connectivity index (χ0v) is 17.3. The fraction of sp³-hybridized carbons (Fsp3) is 0.227. The van der Waals surface area contributed by atoms with Crippen molar-refractivity contribution < 1.29 is 9.18 Å². The summed E-state index contributed by atoms with van der Waals surface area (Å²) < 4.78 is 15.7. The van der Waals surface area contributed by atoms with Crippen molar-refractivity contribution in [2.75, 3.05) is 18.8 Å². The number of halogens is 1. The Morgan fingerprint density at radius 3 is 2.39 bits per heavy atom. The van der Waals surface area contributed by atoms with Crippen LogP contribution in [0.15, 0.2) is 58.5 Å². The molecule has 0 unspecified atom stereocenters. The highest BCUT2D eigenvalue weighted by atomic mass is 32.2. The van der Waals surface area contributed by atoms with Gasteiger partial charge in [0, 0.05) is 13.1 Å². The van der Waals surface area contributed by atoms with Gasteiger partial charge in [-0.3, -0.25) is 14.2 Å². The molecule has 1 amide bonds. The van der Waals surface area contributed by atoms with Crippen LogP contribution in [0.4, 0.5) is 4.39 Å². The molecule has 0 fully saturated rings. The lowest BCUT2D eigenvalue weighted by atomic mass is 10.2. The predicted octanol–water partition coefficient (Wildman–Crippen LogP) is 3.27. The van der Waals surface area contributed by atoms with Crippen LogP contribution in [-0.4, -0.2) is 39.2 Å². The Kier molecular flexibility index (Phi) is 7.36. The van der Waals surface area contributed by atoms with E-state index in [0.29, 0.717) is 10.9 Å². The molecule has 9 heteroatoms. The number of rotatable bonds is 8. The maximum absolute atomic E-state index is 14.5. The van der Waals surface area contributed by atoms with Gasteiger partial charge in [-0.05, 0) is 24.3 Å². The van der Waals surface area contributed by atoms with E-state index >= 15 is 0 Å². The quantitative estimate of drug-likeness (QED) is 0.397. The largest absolute Gasteiger partial charge is 0.340 e. The summed E-state index contributed by atoms with van der Waals surface area (Å²) in [5.41, 5.74) is 0.0591. The number of nitrogens with zero attached hydrogens (tertiary/aromatic N) is 5. The van der Waals surface area contributed by atoms with Crippen LogP contribution in [-0.2, 0) is 4.79 Å². The van der Waals surface area contributed by atoms with E-state index in [0.717, 1.165) is 11.8 Å². The summed E-state index contributed by atoms with van der Waals surface area (Å²) >= 11 is 1.01. The topological polar surface area (TPSA) is 103 Å². The van der Waals surface area contributed by atoms with Gasteiger partial charge >= 0.3 is 0 Å². The third kappa shape index (κ3) is 5.08. The van der Waals surface area contributed by atoms with E-state index in [2.05, 4.69) is 4.98 Å². The molecule has 0 atom stereocenters. The van der Waals surface area contributed by atoms with Crippen LogP contribution in [0.3, 0.4) is 0 Å². The molecule has 3 rings (SSSR count). The van der Waals surface area contributed by atoms with E-state index < -0.39 is 11.4 Å². The normalized spacial score (nSPS) is 10.4. The second-order valence-electron chi connectivity index (χ2n) is 6.49. The van der Waals surface area contributed by atoms with Gasteiger partial charge in [0.1, 0.15) is 5.82 Å².